The number of pyridine rings is 1. The van der Waals surface area contributed by atoms with Crippen LogP contribution < -0.4 is 4.74 Å². The third kappa shape index (κ3) is 8.04. The molecule has 132 valence electrons. The largest absolute Gasteiger partial charge is 0.540 e. The van der Waals surface area contributed by atoms with Crippen LogP contribution in [0.4, 0.5) is 0 Å². The summed E-state index contributed by atoms with van der Waals surface area (Å²) in [5.74, 6) is 0.703. The summed E-state index contributed by atoms with van der Waals surface area (Å²) in [7, 11) is 1.62. The molecule has 1 heterocycles. The predicted octanol–water partition coefficient (Wildman–Crippen LogP) is 3.08. The standard InChI is InChI=1S/C13H12NO2.C5H8O2.Pt/c1-16-12-4-2-11(3-5-12)13-8-10(9-15)6-7-14-13;1-4(6)3-5(2)7;/h2,4-8,15H,9H2,1H3;3,6H,1-2H3;/q-1;;/b;4-3-;. The summed E-state index contributed by atoms with van der Waals surface area (Å²) in [6.45, 7) is 2.87. The molecular weight excluding hydrogens is 489 g/mol. The van der Waals surface area contributed by atoms with E-state index in [1.165, 1.54) is 19.9 Å². The van der Waals surface area contributed by atoms with Crippen molar-refractivity contribution in [2.45, 2.75) is 20.5 Å². The van der Waals surface area contributed by atoms with Crippen molar-refractivity contribution in [3.63, 3.8) is 0 Å². The molecule has 0 amide bonds. The maximum atomic E-state index is 10.0. The summed E-state index contributed by atoms with van der Waals surface area (Å²) in [5.41, 5.74) is 2.53. The average molecular weight is 509 g/mol. The number of nitrogens with zero attached hydrogens (tertiary/aromatic N) is 1. The molecule has 2 rings (SSSR count). The molecule has 0 radical (unpaired) electrons. The Morgan fingerprint density at radius 1 is 1.33 bits per heavy atom. The normalized spacial score (nSPS) is 10.1. The Labute approximate surface area is 156 Å². The maximum absolute atomic E-state index is 10.0. The van der Waals surface area contributed by atoms with Crippen molar-refractivity contribution in [1.82, 2.24) is 4.98 Å². The molecule has 6 heteroatoms. The molecule has 24 heavy (non-hydrogen) atoms. The van der Waals surface area contributed by atoms with Gasteiger partial charge in [-0.15, -0.1) is 29.8 Å². The first kappa shape index (κ1) is 22.0. The summed E-state index contributed by atoms with van der Waals surface area (Å²) in [4.78, 5) is 14.2. The Hall–Kier alpha value is -1.97. The van der Waals surface area contributed by atoms with Crippen LogP contribution in [0.5, 0.6) is 5.75 Å². The molecule has 0 aliphatic carbocycles. The molecule has 0 saturated heterocycles. The molecule has 0 spiro atoms. The van der Waals surface area contributed by atoms with E-state index in [2.05, 4.69) is 11.1 Å². The van der Waals surface area contributed by atoms with E-state index in [4.69, 9.17) is 14.9 Å². The summed E-state index contributed by atoms with van der Waals surface area (Å²) in [6.07, 6.45) is 2.85. The molecule has 0 saturated carbocycles. The van der Waals surface area contributed by atoms with E-state index in [-0.39, 0.29) is 39.2 Å². The van der Waals surface area contributed by atoms with E-state index in [1.807, 2.05) is 18.2 Å². The summed E-state index contributed by atoms with van der Waals surface area (Å²) in [6, 6.07) is 12.2. The van der Waals surface area contributed by atoms with Crippen LogP contribution in [0.1, 0.15) is 19.4 Å². The van der Waals surface area contributed by atoms with Crippen molar-refractivity contribution in [3.05, 3.63) is 60.0 Å². The average Bonchev–Trinajstić information content (AvgIpc) is 2.54. The number of ketones is 1. The van der Waals surface area contributed by atoms with Gasteiger partial charge in [-0.2, -0.15) is 0 Å². The second-order valence-electron chi connectivity index (χ2n) is 4.75. The molecule has 1 aromatic carbocycles. The number of benzene rings is 1. The van der Waals surface area contributed by atoms with Crippen LogP contribution >= 0.6 is 0 Å². The van der Waals surface area contributed by atoms with Crippen LogP contribution in [0.3, 0.4) is 0 Å². The van der Waals surface area contributed by atoms with Crippen molar-refractivity contribution in [1.29, 1.82) is 0 Å². The SMILES string of the molecule is CC(=O)/C=C(/C)O.COc1c[c-]c(-c2cc(CO)ccn2)cc1.[Pt]. The van der Waals surface area contributed by atoms with E-state index in [0.29, 0.717) is 0 Å². The third-order valence-electron chi connectivity index (χ3n) is 2.71. The molecule has 0 unspecified atom stereocenters. The first-order valence-corrected chi connectivity index (χ1v) is 6.96. The number of rotatable bonds is 4. The quantitative estimate of drug-likeness (QED) is 0.376. The summed E-state index contributed by atoms with van der Waals surface area (Å²) < 4.78 is 5.06. The number of aliphatic hydroxyl groups excluding tert-OH is 2. The maximum Gasteiger partial charge on any atom is 0.155 e. The van der Waals surface area contributed by atoms with Gasteiger partial charge in [-0.1, -0.05) is 6.07 Å². The van der Waals surface area contributed by atoms with Crippen molar-refractivity contribution < 1.29 is 40.8 Å². The topological polar surface area (TPSA) is 79.7 Å². The zero-order valence-corrected chi connectivity index (χ0v) is 16.0. The van der Waals surface area contributed by atoms with Crippen LogP contribution in [0.15, 0.2) is 48.4 Å². The Morgan fingerprint density at radius 2 is 2.04 bits per heavy atom. The fourth-order valence-electron chi connectivity index (χ4n) is 1.71. The van der Waals surface area contributed by atoms with E-state index < -0.39 is 0 Å². The number of hydrogen-bond acceptors (Lipinski definition) is 5. The minimum absolute atomic E-state index is 0. The van der Waals surface area contributed by atoms with Gasteiger partial charge in [0.1, 0.15) is 0 Å². The van der Waals surface area contributed by atoms with Gasteiger partial charge in [0.15, 0.2) is 5.78 Å². The van der Waals surface area contributed by atoms with Gasteiger partial charge < -0.3 is 19.9 Å². The number of aliphatic hydroxyl groups is 2. The fourth-order valence-corrected chi connectivity index (χ4v) is 1.71. The summed E-state index contributed by atoms with van der Waals surface area (Å²) >= 11 is 0. The second-order valence-corrected chi connectivity index (χ2v) is 4.75. The second kappa shape index (κ2) is 11.5. The number of hydrogen-bond donors (Lipinski definition) is 2. The molecule has 5 nitrogen and oxygen atoms in total. The van der Waals surface area contributed by atoms with Gasteiger partial charge in [0.05, 0.1) is 19.5 Å². The summed E-state index contributed by atoms with van der Waals surface area (Å²) in [5, 5.41) is 17.4. The number of aromatic nitrogens is 1. The molecule has 0 aliphatic heterocycles. The van der Waals surface area contributed by atoms with Gasteiger partial charge in [0.25, 0.3) is 0 Å². The number of carbonyl (C=O) groups excluding carboxylic acids is 1. The van der Waals surface area contributed by atoms with E-state index in [1.54, 1.807) is 25.4 Å². The molecule has 2 N–H and O–H groups in total. The molecule has 2 aromatic rings. The van der Waals surface area contributed by atoms with E-state index in [0.717, 1.165) is 22.6 Å². The number of methoxy groups -OCH3 is 1. The van der Waals surface area contributed by atoms with Gasteiger partial charge in [0.2, 0.25) is 0 Å². The van der Waals surface area contributed by atoms with Crippen molar-refractivity contribution in [2.75, 3.05) is 7.11 Å². The molecule has 0 atom stereocenters. The predicted molar refractivity (Wildman–Crippen MR) is 88.1 cm³/mol. The zero-order valence-electron chi connectivity index (χ0n) is 13.7. The number of carbonyl (C=O) groups is 1. The monoisotopic (exact) mass is 509 g/mol. The molecule has 0 fully saturated rings. The van der Waals surface area contributed by atoms with Crippen LogP contribution in [0.2, 0.25) is 0 Å². The van der Waals surface area contributed by atoms with E-state index >= 15 is 0 Å². The van der Waals surface area contributed by atoms with Gasteiger partial charge in [-0.25, -0.2) is 0 Å². The minimum Gasteiger partial charge on any atom is -0.540 e. The van der Waals surface area contributed by atoms with Gasteiger partial charge in [-0.05, 0) is 31.2 Å². The molecule has 0 bridgehead atoms. The smallest absolute Gasteiger partial charge is 0.155 e. The Bertz CT molecular complexity index is 665. The zero-order chi connectivity index (χ0) is 17.2. The van der Waals surface area contributed by atoms with Gasteiger partial charge in [0, 0.05) is 39.1 Å². The number of allylic oxidation sites excluding steroid dienone is 2. The Kier molecular flexibility index (Phi) is 10.6. The first-order valence-electron chi connectivity index (χ1n) is 6.96. The van der Waals surface area contributed by atoms with Crippen LogP contribution in [0.25, 0.3) is 11.3 Å². The molecule has 1 aromatic heterocycles. The first-order chi connectivity index (χ1) is 11.0. The van der Waals surface area contributed by atoms with Gasteiger partial charge >= 0.3 is 0 Å². The fraction of sp³-hybridized carbons (Fsp3) is 0.222. The van der Waals surface area contributed by atoms with Crippen LogP contribution in [-0.2, 0) is 32.5 Å². The third-order valence-corrected chi connectivity index (χ3v) is 2.71. The Balaban J connectivity index is 0.000000570. The Morgan fingerprint density at radius 3 is 2.46 bits per heavy atom. The van der Waals surface area contributed by atoms with Gasteiger partial charge in [-0.3, -0.25) is 4.79 Å². The van der Waals surface area contributed by atoms with Crippen LogP contribution in [0, 0.1) is 6.07 Å². The van der Waals surface area contributed by atoms with Crippen LogP contribution in [-0.4, -0.2) is 28.1 Å². The van der Waals surface area contributed by atoms with Crippen molar-refractivity contribution in [2.24, 2.45) is 0 Å². The number of ether oxygens (including phenoxy) is 1. The molecular formula is C18H20NO4Pt-. The van der Waals surface area contributed by atoms with Crippen molar-refractivity contribution in [3.8, 4) is 17.0 Å². The minimum atomic E-state index is -0.125. The molecule has 0 aliphatic rings. The van der Waals surface area contributed by atoms with E-state index in [9.17, 15) is 4.79 Å². The van der Waals surface area contributed by atoms with Crippen molar-refractivity contribution >= 4 is 5.78 Å².